The number of hydrogen-bond acceptors (Lipinski definition) is 2. The maximum Gasteiger partial charge on any atom is 0.126 e. The van der Waals surface area contributed by atoms with Crippen molar-refractivity contribution < 1.29 is 4.74 Å². The van der Waals surface area contributed by atoms with Crippen molar-refractivity contribution in [3.05, 3.63) is 48.0 Å². The van der Waals surface area contributed by atoms with Crippen molar-refractivity contribution in [2.75, 3.05) is 13.7 Å². The van der Waals surface area contributed by atoms with Gasteiger partial charge in [0.1, 0.15) is 5.75 Å². The third-order valence-corrected chi connectivity index (χ3v) is 3.54. The number of benzene rings is 2. The molecule has 1 aliphatic carbocycles. The predicted molar refractivity (Wildman–Crippen MR) is 80.6 cm³/mol. The second-order valence-corrected chi connectivity index (χ2v) is 4.99. The highest BCUT2D eigenvalue weighted by molar-refractivity contribution is 5.93. The van der Waals surface area contributed by atoms with Gasteiger partial charge >= 0.3 is 0 Å². The SMILES string of the molecule is COc1ccc2ccccc2c1C=CCNC1CC1. The summed E-state index contributed by atoms with van der Waals surface area (Å²) in [6, 6.07) is 13.3. The maximum absolute atomic E-state index is 5.47. The molecule has 2 nitrogen and oxygen atoms in total. The Morgan fingerprint density at radius 1 is 1.21 bits per heavy atom. The molecule has 2 aromatic carbocycles. The van der Waals surface area contributed by atoms with Gasteiger partial charge in [-0.2, -0.15) is 0 Å². The number of hydrogen-bond donors (Lipinski definition) is 1. The number of methoxy groups -OCH3 is 1. The van der Waals surface area contributed by atoms with E-state index in [9.17, 15) is 0 Å². The van der Waals surface area contributed by atoms with Crippen molar-refractivity contribution in [3.8, 4) is 5.75 Å². The third kappa shape index (κ3) is 2.79. The normalized spacial score (nSPS) is 15.2. The topological polar surface area (TPSA) is 21.3 Å². The summed E-state index contributed by atoms with van der Waals surface area (Å²) in [6.45, 7) is 0.928. The Morgan fingerprint density at radius 3 is 2.84 bits per heavy atom. The molecule has 2 aromatic rings. The molecule has 0 atom stereocenters. The van der Waals surface area contributed by atoms with E-state index in [0.717, 1.165) is 23.9 Å². The van der Waals surface area contributed by atoms with E-state index < -0.39 is 0 Å². The Morgan fingerprint density at radius 2 is 2.05 bits per heavy atom. The zero-order valence-electron chi connectivity index (χ0n) is 11.2. The van der Waals surface area contributed by atoms with Crippen LogP contribution >= 0.6 is 0 Å². The van der Waals surface area contributed by atoms with E-state index in [0.29, 0.717) is 0 Å². The van der Waals surface area contributed by atoms with Crippen LogP contribution in [0.25, 0.3) is 16.8 Å². The van der Waals surface area contributed by atoms with E-state index in [2.05, 4.69) is 47.8 Å². The lowest BCUT2D eigenvalue weighted by molar-refractivity contribution is 0.414. The zero-order chi connectivity index (χ0) is 13.1. The molecule has 0 spiro atoms. The highest BCUT2D eigenvalue weighted by Gasteiger charge is 2.18. The zero-order valence-corrected chi connectivity index (χ0v) is 11.2. The number of ether oxygens (including phenoxy) is 1. The van der Waals surface area contributed by atoms with Gasteiger partial charge in [0.05, 0.1) is 7.11 Å². The van der Waals surface area contributed by atoms with Crippen LogP contribution in [0.5, 0.6) is 5.75 Å². The van der Waals surface area contributed by atoms with Crippen LogP contribution in [0.4, 0.5) is 0 Å². The molecule has 2 heteroatoms. The molecular weight excluding hydrogens is 234 g/mol. The summed E-state index contributed by atoms with van der Waals surface area (Å²) >= 11 is 0. The first kappa shape index (κ1) is 12.2. The minimum absolute atomic E-state index is 0.749. The summed E-state index contributed by atoms with van der Waals surface area (Å²) in [5, 5.41) is 5.97. The van der Waals surface area contributed by atoms with E-state index in [-0.39, 0.29) is 0 Å². The molecule has 1 aliphatic rings. The van der Waals surface area contributed by atoms with Gasteiger partial charge in [-0.3, -0.25) is 0 Å². The number of fused-ring (bicyclic) bond motifs is 1. The van der Waals surface area contributed by atoms with Crippen LogP contribution in [-0.4, -0.2) is 19.7 Å². The average molecular weight is 253 g/mol. The highest BCUT2D eigenvalue weighted by atomic mass is 16.5. The Balaban J connectivity index is 1.89. The summed E-state index contributed by atoms with van der Waals surface area (Å²) in [6.07, 6.45) is 7.00. The van der Waals surface area contributed by atoms with Gasteiger partial charge < -0.3 is 10.1 Å². The summed E-state index contributed by atoms with van der Waals surface area (Å²) in [4.78, 5) is 0. The molecule has 0 amide bonds. The molecule has 0 bridgehead atoms. The first-order valence-electron chi connectivity index (χ1n) is 6.84. The average Bonchev–Trinajstić information content (AvgIpc) is 3.27. The fourth-order valence-electron chi connectivity index (χ4n) is 2.32. The maximum atomic E-state index is 5.47. The highest BCUT2D eigenvalue weighted by Crippen LogP contribution is 2.29. The van der Waals surface area contributed by atoms with Crippen LogP contribution in [0.3, 0.4) is 0 Å². The van der Waals surface area contributed by atoms with Crippen LogP contribution < -0.4 is 10.1 Å². The molecule has 3 rings (SSSR count). The van der Waals surface area contributed by atoms with Crippen molar-refractivity contribution in [2.24, 2.45) is 0 Å². The van der Waals surface area contributed by atoms with E-state index in [1.54, 1.807) is 7.11 Å². The Hall–Kier alpha value is -1.80. The number of rotatable bonds is 5. The smallest absolute Gasteiger partial charge is 0.126 e. The van der Waals surface area contributed by atoms with Crippen molar-refractivity contribution in [1.82, 2.24) is 5.32 Å². The summed E-state index contributed by atoms with van der Waals surface area (Å²) in [5.74, 6) is 0.932. The van der Waals surface area contributed by atoms with Gasteiger partial charge in [0.2, 0.25) is 0 Å². The monoisotopic (exact) mass is 253 g/mol. The van der Waals surface area contributed by atoms with Gasteiger partial charge in [-0.25, -0.2) is 0 Å². The molecule has 0 radical (unpaired) electrons. The van der Waals surface area contributed by atoms with Crippen LogP contribution in [0.2, 0.25) is 0 Å². The first-order chi connectivity index (χ1) is 9.38. The third-order valence-electron chi connectivity index (χ3n) is 3.54. The summed E-state index contributed by atoms with van der Waals surface area (Å²) in [5.41, 5.74) is 1.16. The van der Waals surface area contributed by atoms with E-state index >= 15 is 0 Å². The molecule has 1 saturated carbocycles. The van der Waals surface area contributed by atoms with E-state index in [1.807, 2.05) is 6.07 Å². The van der Waals surface area contributed by atoms with Gasteiger partial charge in [0.15, 0.2) is 0 Å². The van der Waals surface area contributed by atoms with Crippen LogP contribution in [0.1, 0.15) is 18.4 Å². The molecule has 98 valence electrons. The van der Waals surface area contributed by atoms with E-state index in [1.165, 1.54) is 23.6 Å². The van der Waals surface area contributed by atoms with Gasteiger partial charge in [0.25, 0.3) is 0 Å². The molecule has 0 aromatic heterocycles. The lowest BCUT2D eigenvalue weighted by atomic mass is 10.0. The molecule has 0 saturated heterocycles. The summed E-state index contributed by atoms with van der Waals surface area (Å²) in [7, 11) is 1.73. The molecule has 0 heterocycles. The lowest BCUT2D eigenvalue weighted by Crippen LogP contribution is -2.15. The van der Waals surface area contributed by atoms with E-state index in [4.69, 9.17) is 4.74 Å². The standard InChI is InChI=1S/C17H19NO/c1-19-17-11-8-13-5-2-3-6-15(13)16(17)7-4-12-18-14-9-10-14/h2-8,11,14,18H,9-10,12H2,1H3. The molecule has 1 fully saturated rings. The fraction of sp³-hybridized carbons (Fsp3) is 0.294. The minimum Gasteiger partial charge on any atom is -0.496 e. The van der Waals surface area contributed by atoms with Crippen LogP contribution in [0.15, 0.2) is 42.5 Å². The van der Waals surface area contributed by atoms with Crippen molar-refractivity contribution >= 4 is 16.8 Å². The Kier molecular flexibility index (Phi) is 3.51. The molecule has 0 unspecified atom stereocenters. The van der Waals surface area contributed by atoms with Gasteiger partial charge in [-0.05, 0) is 29.7 Å². The Labute approximate surface area is 114 Å². The van der Waals surface area contributed by atoms with Gasteiger partial charge in [-0.1, -0.05) is 42.5 Å². The number of nitrogens with one attached hydrogen (secondary N) is 1. The fourth-order valence-corrected chi connectivity index (χ4v) is 2.32. The van der Waals surface area contributed by atoms with Crippen molar-refractivity contribution in [3.63, 3.8) is 0 Å². The largest absolute Gasteiger partial charge is 0.496 e. The molecule has 0 aliphatic heterocycles. The second-order valence-electron chi connectivity index (χ2n) is 4.99. The quantitative estimate of drug-likeness (QED) is 0.879. The first-order valence-corrected chi connectivity index (χ1v) is 6.84. The lowest BCUT2D eigenvalue weighted by Gasteiger charge is -2.08. The van der Waals surface area contributed by atoms with Crippen molar-refractivity contribution in [1.29, 1.82) is 0 Å². The van der Waals surface area contributed by atoms with Crippen molar-refractivity contribution in [2.45, 2.75) is 18.9 Å². The molecular formula is C17H19NO. The van der Waals surface area contributed by atoms with Crippen LogP contribution in [0, 0.1) is 0 Å². The van der Waals surface area contributed by atoms with Gasteiger partial charge in [-0.15, -0.1) is 0 Å². The van der Waals surface area contributed by atoms with Gasteiger partial charge in [0, 0.05) is 18.2 Å². The molecule has 19 heavy (non-hydrogen) atoms. The van der Waals surface area contributed by atoms with Crippen LogP contribution in [-0.2, 0) is 0 Å². The Bertz CT molecular complexity index is 599. The second kappa shape index (κ2) is 5.45. The predicted octanol–water partition coefficient (Wildman–Crippen LogP) is 3.61. The molecule has 1 N–H and O–H groups in total. The minimum atomic E-state index is 0.749. The summed E-state index contributed by atoms with van der Waals surface area (Å²) < 4.78 is 5.47.